The Balaban J connectivity index is 1.98. The Hall–Kier alpha value is -3.22. The molecular formula is C18H20N6O. The molecule has 0 aliphatic carbocycles. The number of rotatable bonds is 6. The Labute approximate surface area is 145 Å². The van der Waals surface area contributed by atoms with Crippen LogP contribution in [0.25, 0.3) is 16.9 Å². The lowest BCUT2D eigenvalue weighted by atomic mass is 10.2. The fraction of sp³-hybridized carbons (Fsp3) is 0.222. The molecule has 0 aliphatic heterocycles. The normalized spacial score (nSPS) is 11.9. The average molecular weight is 336 g/mol. The third kappa shape index (κ3) is 3.65. The smallest absolute Gasteiger partial charge is 0.247 e. The van der Waals surface area contributed by atoms with Crippen molar-refractivity contribution < 1.29 is 4.79 Å². The Bertz CT molecular complexity index is 917. The van der Waals surface area contributed by atoms with Crippen LogP contribution in [0.1, 0.15) is 20.3 Å². The van der Waals surface area contributed by atoms with E-state index >= 15 is 0 Å². The number of nitrogens with one attached hydrogen (secondary N) is 2. The van der Waals surface area contributed by atoms with E-state index in [9.17, 15) is 4.79 Å². The number of imidazole rings is 1. The van der Waals surface area contributed by atoms with Crippen molar-refractivity contribution in [3.8, 4) is 5.82 Å². The molecule has 7 heteroatoms. The summed E-state index contributed by atoms with van der Waals surface area (Å²) in [6.45, 7) is 7.66. The number of anilines is 2. The monoisotopic (exact) mass is 336 g/mol. The quantitative estimate of drug-likeness (QED) is 0.676. The average Bonchev–Trinajstić information content (AvgIpc) is 3.05. The maximum atomic E-state index is 11.5. The van der Waals surface area contributed by atoms with E-state index in [1.54, 1.807) is 24.8 Å². The van der Waals surface area contributed by atoms with Gasteiger partial charge in [0.15, 0.2) is 5.82 Å². The van der Waals surface area contributed by atoms with Crippen LogP contribution in [0.15, 0.2) is 49.6 Å². The van der Waals surface area contributed by atoms with Crippen molar-refractivity contribution in [3.63, 3.8) is 0 Å². The van der Waals surface area contributed by atoms with E-state index in [2.05, 4.69) is 46.0 Å². The Kier molecular flexibility index (Phi) is 4.74. The number of fused-ring (bicyclic) bond motifs is 1. The molecule has 128 valence electrons. The second kappa shape index (κ2) is 7.12. The summed E-state index contributed by atoms with van der Waals surface area (Å²) in [5.41, 5.74) is 2.30. The van der Waals surface area contributed by atoms with Crippen LogP contribution in [0.3, 0.4) is 0 Å². The molecule has 2 N–H and O–H groups in total. The van der Waals surface area contributed by atoms with Gasteiger partial charge in [0.25, 0.3) is 0 Å². The van der Waals surface area contributed by atoms with E-state index in [0.717, 1.165) is 17.5 Å². The zero-order valence-corrected chi connectivity index (χ0v) is 14.2. The Morgan fingerprint density at radius 2 is 2.24 bits per heavy atom. The van der Waals surface area contributed by atoms with Crippen LogP contribution >= 0.6 is 0 Å². The summed E-state index contributed by atoms with van der Waals surface area (Å²) in [4.78, 5) is 24.8. The molecule has 0 saturated carbocycles. The van der Waals surface area contributed by atoms with Crippen LogP contribution in [-0.2, 0) is 4.79 Å². The molecule has 2 heterocycles. The van der Waals surface area contributed by atoms with Crippen molar-refractivity contribution in [2.75, 3.05) is 10.6 Å². The lowest BCUT2D eigenvalue weighted by Gasteiger charge is -2.12. The molecule has 0 saturated heterocycles. The predicted molar refractivity (Wildman–Crippen MR) is 98.9 cm³/mol. The molecule has 0 unspecified atom stereocenters. The van der Waals surface area contributed by atoms with Gasteiger partial charge in [0, 0.05) is 11.7 Å². The molecule has 1 amide bonds. The number of amides is 1. The molecule has 1 aromatic carbocycles. The first-order valence-electron chi connectivity index (χ1n) is 8.10. The number of benzene rings is 1. The van der Waals surface area contributed by atoms with Gasteiger partial charge in [-0.05, 0) is 37.6 Å². The van der Waals surface area contributed by atoms with Crippen molar-refractivity contribution in [2.24, 2.45) is 0 Å². The molecule has 0 bridgehead atoms. The topological polar surface area (TPSA) is 84.7 Å². The molecule has 1 atom stereocenters. The molecule has 0 fully saturated rings. The first-order valence-corrected chi connectivity index (χ1v) is 8.10. The molecule has 0 radical (unpaired) electrons. The molecular weight excluding hydrogens is 316 g/mol. The summed E-state index contributed by atoms with van der Waals surface area (Å²) in [6, 6.07) is 5.80. The minimum atomic E-state index is -0.259. The first kappa shape index (κ1) is 16.6. The van der Waals surface area contributed by atoms with Gasteiger partial charge in [0.1, 0.15) is 12.1 Å². The SMILES string of the molecule is C=CC(=O)Nc1ccc2ncn(-c3cncc(N[C@@H](C)CC)n3)c2c1. The minimum absolute atomic E-state index is 0.259. The van der Waals surface area contributed by atoms with E-state index in [1.165, 1.54) is 6.08 Å². The van der Waals surface area contributed by atoms with Crippen LogP contribution in [0.5, 0.6) is 0 Å². The number of hydrogen-bond donors (Lipinski definition) is 2. The zero-order chi connectivity index (χ0) is 17.8. The van der Waals surface area contributed by atoms with E-state index in [-0.39, 0.29) is 5.91 Å². The van der Waals surface area contributed by atoms with Gasteiger partial charge in [-0.15, -0.1) is 0 Å². The maximum Gasteiger partial charge on any atom is 0.247 e. The van der Waals surface area contributed by atoms with Gasteiger partial charge in [-0.2, -0.15) is 0 Å². The fourth-order valence-corrected chi connectivity index (χ4v) is 2.36. The highest BCUT2D eigenvalue weighted by Crippen LogP contribution is 2.21. The van der Waals surface area contributed by atoms with Crippen molar-refractivity contribution in [1.82, 2.24) is 19.5 Å². The summed E-state index contributed by atoms with van der Waals surface area (Å²) in [5, 5.41) is 6.06. The lowest BCUT2D eigenvalue weighted by molar-refractivity contribution is -0.111. The minimum Gasteiger partial charge on any atom is -0.366 e. The second-order valence-electron chi connectivity index (χ2n) is 5.73. The second-order valence-corrected chi connectivity index (χ2v) is 5.73. The standard InChI is InChI=1S/C18H20N6O/c1-4-12(3)21-16-9-19-10-17(23-16)24-11-20-14-7-6-13(8-15(14)24)22-18(25)5-2/h5-12H,2,4H2,1,3H3,(H,21,23)(H,22,25)/t12-/m0/s1. The van der Waals surface area contributed by atoms with Crippen molar-refractivity contribution >= 4 is 28.4 Å². The van der Waals surface area contributed by atoms with E-state index < -0.39 is 0 Å². The van der Waals surface area contributed by atoms with Crippen LogP contribution in [-0.4, -0.2) is 31.5 Å². The van der Waals surface area contributed by atoms with Gasteiger partial charge in [0.05, 0.1) is 23.4 Å². The van der Waals surface area contributed by atoms with Crippen LogP contribution in [0, 0.1) is 0 Å². The summed E-state index contributed by atoms with van der Waals surface area (Å²) >= 11 is 0. The number of nitrogens with zero attached hydrogens (tertiary/aromatic N) is 4. The van der Waals surface area contributed by atoms with Gasteiger partial charge >= 0.3 is 0 Å². The largest absolute Gasteiger partial charge is 0.366 e. The highest BCUT2D eigenvalue weighted by Gasteiger charge is 2.09. The summed E-state index contributed by atoms with van der Waals surface area (Å²) in [6.07, 6.45) is 7.30. The zero-order valence-electron chi connectivity index (χ0n) is 14.2. The predicted octanol–water partition coefficient (Wildman–Crippen LogP) is 3.15. The molecule has 7 nitrogen and oxygen atoms in total. The highest BCUT2D eigenvalue weighted by molar-refractivity contribution is 6.00. The molecule has 0 aliphatic rings. The van der Waals surface area contributed by atoms with Gasteiger partial charge in [0.2, 0.25) is 5.91 Å². The van der Waals surface area contributed by atoms with Crippen LogP contribution in [0.2, 0.25) is 0 Å². The number of hydrogen-bond acceptors (Lipinski definition) is 5. The van der Waals surface area contributed by atoms with Gasteiger partial charge in [-0.25, -0.2) is 9.97 Å². The molecule has 3 rings (SSSR count). The van der Waals surface area contributed by atoms with Gasteiger partial charge in [-0.1, -0.05) is 13.5 Å². The summed E-state index contributed by atoms with van der Waals surface area (Å²) in [5.74, 6) is 1.11. The Morgan fingerprint density at radius 1 is 1.40 bits per heavy atom. The third-order valence-electron chi connectivity index (χ3n) is 3.88. The van der Waals surface area contributed by atoms with Gasteiger partial charge < -0.3 is 10.6 Å². The van der Waals surface area contributed by atoms with Crippen molar-refractivity contribution in [2.45, 2.75) is 26.3 Å². The van der Waals surface area contributed by atoms with E-state index in [4.69, 9.17) is 0 Å². The van der Waals surface area contributed by atoms with Crippen LogP contribution in [0.4, 0.5) is 11.5 Å². The van der Waals surface area contributed by atoms with E-state index in [0.29, 0.717) is 23.4 Å². The third-order valence-corrected chi connectivity index (χ3v) is 3.88. The highest BCUT2D eigenvalue weighted by atomic mass is 16.1. The lowest BCUT2D eigenvalue weighted by Crippen LogP contribution is -2.15. The van der Waals surface area contributed by atoms with Crippen molar-refractivity contribution in [1.29, 1.82) is 0 Å². The molecule has 3 aromatic rings. The maximum absolute atomic E-state index is 11.5. The van der Waals surface area contributed by atoms with Crippen molar-refractivity contribution in [3.05, 3.63) is 49.6 Å². The van der Waals surface area contributed by atoms with E-state index in [1.807, 2.05) is 16.7 Å². The summed E-state index contributed by atoms with van der Waals surface area (Å²) < 4.78 is 1.84. The Morgan fingerprint density at radius 3 is 3.00 bits per heavy atom. The number of carbonyl (C=O) groups excluding carboxylic acids is 1. The van der Waals surface area contributed by atoms with Gasteiger partial charge in [-0.3, -0.25) is 14.3 Å². The fourth-order valence-electron chi connectivity index (χ4n) is 2.36. The first-order chi connectivity index (χ1) is 12.1. The number of carbonyl (C=O) groups is 1. The number of aromatic nitrogens is 4. The summed E-state index contributed by atoms with van der Waals surface area (Å²) in [7, 11) is 0. The molecule has 25 heavy (non-hydrogen) atoms. The van der Waals surface area contributed by atoms with Crippen LogP contribution < -0.4 is 10.6 Å². The molecule has 0 spiro atoms. The molecule has 2 aromatic heterocycles.